The van der Waals surface area contributed by atoms with Gasteiger partial charge in [-0.15, -0.1) is 0 Å². The van der Waals surface area contributed by atoms with Crippen molar-refractivity contribution in [1.82, 2.24) is 5.32 Å². The third kappa shape index (κ3) is 3.90. The molecule has 4 nitrogen and oxygen atoms in total. The molecule has 1 aliphatic rings. The molecule has 4 rings (SSSR count). The van der Waals surface area contributed by atoms with E-state index in [0.717, 1.165) is 52.4 Å². The van der Waals surface area contributed by atoms with Gasteiger partial charge in [-0.2, -0.15) is 0 Å². The van der Waals surface area contributed by atoms with Crippen LogP contribution in [0.25, 0.3) is 11.1 Å². The van der Waals surface area contributed by atoms with Crippen molar-refractivity contribution in [1.29, 1.82) is 0 Å². The Balaban J connectivity index is 1.69. The Morgan fingerprint density at radius 2 is 1.50 bits per heavy atom. The maximum absolute atomic E-state index is 14.0. The van der Waals surface area contributed by atoms with Crippen molar-refractivity contribution < 1.29 is 14.3 Å². The molecule has 0 heterocycles. The van der Waals surface area contributed by atoms with Gasteiger partial charge in [0.2, 0.25) is 5.91 Å². The lowest BCUT2D eigenvalue weighted by Crippen LogP contribution is -2.44. The first-order valence-electron chi connectivity index (χ1n) is 10.9. The number of hydrogen-bond acceptors (Lipinski definition) is 3. The number of methoxy groups -OCH3 is 2. The lowest BCUT2D eigenvalue weighted by molar-refractivity contribution is -0.125. The largest absolute Gasteiger partial charge is 0.493 e. The molecule has 0 unspecified atom stereocenters. The summed E-state index contributed by atoms with van der Waals surface area (Å²) in [5.41, 5.74) is 4.78. The van der Waals surface area contributed by atoms with Gasteiger partial charge < -0.3 is 14.8 Å². The second-order valence-corrected chi connectivity index (χ2v) is 8.81. The molecule has 0 radical (unpaired) electrons. The van der Waals surface area contributed by atoms with Gasteiger partial charge in [-0.25, -0.2) is 0 Å². The van der Waals surface area contributed by atoms with Gasteiger partial charge >= 0.3 is 0 Å². The zero-order chi connectivity index (χ0) is 22.6. The Morgan fingerprint density at radius 1 is 0.875 bits per heavy atom. The first-order valence-corrected chi connectivity index (χ1v) is 12.0. The van der Waals surface area contributed by atoms with Crippen LogP contribution in [0.4, 0.5) is 0 Å². The highest BCUT2D eigenvalue weighted by Crippen LogP contribution is 2.51. The number of fused-ring (bicyclic) bond motifs is 3. The van der Waals surface area contributed by atoms with E-state index < -0.39 is 5.41 Å². The first kappa shape index (κ1) is 22.4. The summed E-state index contributed by atoms with van der Waals surface area (Å²) in [6.07, 6.45) is 2.75. The Bertz CT molecular complexity index is 1070. The Kier molecular flexibility index (Phi) is 6.85. The molecule has 0 aromatic heterocycles. The quantitative estimate of drug-likeness (QED) is 0.300. The SMILES string of the molecule is COc1ccc(CNC(=O)C2(CCCCBr)c3ccccc3-c3ccccc32)cc1OC. The summed E-state index contributed by atoms with van der Waals surface area (Å²) in [5.74, 6) is 1.37. The molecule has 3 aromatic carbocycles. The van der Waals surface area contributed by atoms with Crippen molar-refractivity contribution >= 4 is 21.8 Å². The molecule has 0 atom stereocenters. The van der Waals surface area contributed by atoms with Gasteiger partial charge in [-0.1, -0.05) is 76.9 Å². The molecule has 166 valence electrons. The number of unbranched alkanes of at least 4 members (excludes halogenated alkanes) is 1. The molecule has 3 aromatic rings. The predicted molar refractivity (Wildman–Crippen MR) is 132 cm³/mol. The maximum Gasteiger partial charge on any atom is 0.235 e. The van der Waals surface area contributed by atoms with E-state index in [0.29, 0.717) is 18.0 Å². The van der Waals surface area contributed by atoms with E-state index in [2.05, 4.69) is 45.5 Å². The highest BCUT2D eigenvalue weighted by atomic mass is 79.9. The number of rotatable bonds is 9. The van der Waals surface area contributed by atoms with Crippen LogP contribution >= 0.6 is 15.9 Å². The molecular formula is C27H28BrNO3. The number of hydrogen-bond donors (Lipinski definition) is 1. The van der Waals surface area contributed by atoms with Crippen LogP contribution in [0, 0.1) is 0 Å². The number of alkyl halides is 1. The summed E-state index contributed by atoms with van der Waals surface area (Å²) >= 11 is 3.54. The fraction of sp³-hybridized carbons (Fsp3) is 0.296. The van der Waals surface area contributed by atoms with Gasteiger partial charge in [-0.05, 0) is 52.8 Å². The van der Waals surface area contributed by atoms with Crippen LogP contribution in [0.5, 0.6) is 11.5 Å². The van der Waals surface area contributed by atoms with Gasteiger partial charge in [0.1, 0.15) is 5.41 Å². The second-order valence-electron chi connectivity index (χ2n) is 8.01. The average Bonchev–Trinajstić information content (AvgIpc) is 3.13. The molecule has 0 spiro atoms. The molecule has 0 saturated carbocycles. The molecule has 1 aliphatic carbocycles. The lowest BCUT2D eigenvalue weighted by atomic mass is 9.73. The minimum atomic E-state index is -0.689. The number of ether oxygens (including phenoxy) is 2. The highest BCUT2D eigenvalue weighted by molar-refractivity contribution is 9.09. The van der Waals surface area contributed by atoms with Crippen LogP contribution < -0.4 is 14.8 Å². The van der Waals surface area contributed by atoms with Gasteiger partial charge in [-0.3, -0.25) is 4.79 Å². The zero-order valence-corrected chi connectivity index (χ0v) is 20.1. The van der Waals surface area contributed by atoms with E-state index in [9.17, 15) is 4.79 Å². The fourth-order valence-corrected chi connectivity index (χ4v) is 5.16. The Labute approximate surface area is 198 Å². The van der Waals surface area contributed by atoms with Gasteiger partial charge in [0.25, 0.3) is 0 Å². The monoisotopic (exact) mass is 493 g/mol. The molecule has 5 heteroatoms. The first-order chi connectivity index (χ1) is 15.7. The van der Waals surface area contributed by atoms with E-state index in [1.807, 2.05) is 42.5 Å². The number of nitrogens with one attached hydrogen (secondary N) is 1. The van der Waals surface area contributed by atoms with Gasteiger partial charge in [0.05, 0.1) is 14.2 Å². The van der Waals surface area contributed by atoms with Crippen molar-refractivity contribution in [2.45, 2.75) is 31.2 Å². The van der Waals surface area contributed by atoms with E-state index in [1.54, 1.807) is 14.2 Å². The van der Waals surface area contributed by atoms with Crippen molar-refractivity contribution in [3.05, 3.63) is 83.4 Å². The summed E-state index contributed by atoms with van der Waals surface area (Å²) in [6.45, 7) is 0.420. The summed E-state index contributed by atoms with van der Waals surface area (Å²) in [6, 6.07) is 22.4. The molecule has 0 fully saturated rings. The molecule has 0 bridgehead atoms. The second kappa shape index (κ2) is 9.78. The van der Waals surface area contributed by atoms with Crippen molar-refractivity contribution in [3.63, 3.8) is 0 Å². The molecular weight excluding hydrogens is 466 g/mol. The van der Waals surface area contributed by atoms with Crippen molar-refractivity contribution in [2.24, 2.45) is 0 Å². The predicted octanol–water partition coefficient (Wildman–Crippen LogP) is 5.85. The topological polar surface area (TPSA) is 47.6 Å². The third-order valence-electron chi connectivity index (χ3n) is 6.29. The Morgan fingerprint density at radius 3 is 2.09 bits per heavy atom. The van der Waals surface area contributed by atoms with E-state index in [1.165, 1.54) is 0 Å². The van der Waals surface area contributed by atoms with Crippen LogP contribution in [-0.2, 0) is 16.8 Å². The number of halogens is 1. The van der Waals surface area contributed by atoms with Crippen LogP contribution in [0.1, 0.15) is 36.0 Å². The van der Waals surface area contributed by atoms with E-state index >= 15 is 0 Å². The maximum atomic E-state index is 14.0. The van der Waals surface area contributed by atoms with E-state index in [4.69, 9.17) is 9.47 Å². The standard InChI is InChI=1S/C27H28BrNO3/c1-31-24-14-13-19(17-25(24)32-2)18-29-26(30)27(15-7-8-16-28)22-11-5-3-9-20(22)21-10-4-6-12-23(21)27/h3-6,9-14,17H,7-8,15-16,18H2,1-2H3,(H,29,30). The summed E-state index contributed by atoms with van der Waals surface area (Å²) < 4.78 is 10.8. The number of benzene rings is 3. The summed E-state index contributed by atoms with van der Waals surface area (Å²) in [5, 5.41) is 4.16. The highest BCUT2D eigenvalue weighted by Gasteiger charge is 2.48. The number of amides is 1. The smallest absolute Gasteiger partial charge is 0.235 e. The van der Waals surface area contributed by atoms with Gasteiger partial charge in [0, 0.05) is 11.9 Å². The zero-order valence-electron chi connectivity index (χ0n) is 18.5. The molecule has 1 N–H and O–H groups in total. The molecule has 0 saturated heterocycles. The van der Waals surface area contributed by atoms with Crippen molar-refractivity contribution in [3.8, 4) is 22.6 Å². The molecule has 32 heavy (non-hydrogen) atoms. The van der Waals surface area contributed by atoms with Gasteiger partial charge in [0.15, 0.2) is 11.5 Å². The number of carbonyl (C=O) groups excluding carboxylic acids is 1. The fourth-order valence-electron chi connectivity index (χ4n) is 4.76. The normalized spacial score (nSPS) is 13.2. The minimum absolute atomic E-state index is 0.0410. The Hall–Kier alpha value is -2.79. The van der Waals surface area contributed by atoms with Crippen LogP contribution in [0.15, 0.2) is 66.7 Å². The lowest BCUT2D eigenvalue weighted by Gasteiger charge is -2.31. The van der Waals surface area contributed by atoms with Crippen molar-refractivity contribution in [2.75, 3.05) is 19.5 Å². The van der Waals surface area contributed by atoms with Crippen LogP contribution in [0.2, 0.25) is 0 Å². The number of carbonyl (C=O) groups is 1. The summed E-state index contributed by atoms with van der Waals surface area (Å²) in [4.78, 5) is 14.0. The minimum Gasteiger partial charge on any atom is -0.493 e. The average molecular weight is 494 g/mol. The summed E-state index contributed by atoms with van der Waals surface area (Å²) in [7, 11) is 3.23. The van der Waals surface area contributed by atoms with E-state index in [-0.39, 0.29) is 5.91 Å². The molecule has 0 aliphatic heterocycles. The molecule has 1 amide bonds. The third-order valence-corrected chi connectivity index (χ3v) is 6.85. The van der Waals surface area contributed by atoms with Crippen LogP contribution in [-0.4, -0.2) is 25.5 Å². The van der Waals surface area contributed by atoms with Crippen LogP contribution in [0.3, 0.4) is 0 Å².